The molecule has 132 valence electrons. The van der Waals surface area contributed by atoms with Gasteiger partial charge in [-0.15, -0.1) is 22.7 Å². The van der Waals surface area contributed by atoms with Crippen molar-refractivity contribution in [1.82, 2.24) is 9.97 Å². The molecule has 0 aliphatic carbocycles. The van der Waals surface area contributed by atoms with Crippen LogP contribution >= 0.6 is 22.7 Å². The molecular weight excluding hydrogens is 358 g/mol. The van der Waals surface area contributed by atoms with E-state index in [4.69, 9.17) is 9.97 Å². The van der Waals surface area contributed by atoms with Crippen LogP contribution in [0.15, 0.2) is 47.8 Å². The van der Waals surface area contributed by atoms with E-state index in [0.717, 1.165) is 35.9 Å². The lowest BCUT2D eigenvalue weighted by Crippen LogP contribution is -2.08. The monoisotopic (exact) mass is 379 g/mol. The van der Waals surface area contributed by atoms with Crippen molar-refractivity contribution in [1.29, 1.82) is 0 Å². The molecule has 4 aromatic rings. The van der Waals surface area contributed by atoms with E-state index in [-0.39, 0.29) is 0 Å². The third-order valence-electron chi connectivity index (χ3n) is 4.52. The first-order valence-electron chi connectivity index (χ1n) is 8.77. The summed E-state index contributed by atoms with van der Waals surface area (Å²) in [5.41, 5.74) is 2.52. The molecule has 0 aliphatic rings. The van der Waals surface area contributed by atoms with Crippen molar-refractivity contribution in [3.63, 3.8) is 0 Å². The zero-order chi connectivity index (χ0) is 17.9. The van der Waals surface area contributed by atoms with E-state index in [1.165, 1.54) is 26.3 Å². The molecule has 0 fully saturated rings. The largest absolute Gasteiger partial charge is 0.369 e. The highest BCUT2D eigenvalue weighted by Crippen LogP contribution is 2.33. The second-order valence-corrected chi connectivity index (χ2v) is 8.61. The van der Waals surface area contributed by atoms with Gasteiger partial charge in [0.15, 0.2) is 0 Å². The molecule has 26 heavy (non-hydrogen) atoms. The van der Waals surface area contributed by atoms with Gasteiger partial charge in [0.05, 0.1) is 5.39 Å². The van der Waals surface area contributed by atoms with Crippen LogP contribution < -0.4 is 5.32 Å². The predicted octanol–water partition coefficient (Wildman–Crippen LogP) is 5.62. The lowest BCUT2D eigenvalue weighted by molar-refractivity contribution is 0.972. The van der Waals surface area contributed by atoms with Gasteiger partial charge in [-0.2, -0.15) is 0 Å². The van der Waals surface area contributed by atoms with Crippen molar-refractivity contribution >= 4 is 38.7 Å². The zero-order valence-electron chi connectivity index (χ0n) is 15.0. The summed E-state index contributed by atoms with van der Waals surface area (Å²) < 4.78 is 0. The number of fused-ring (bicyclic) bond motifs is 1. The van der Waals surface area contributed by atoms with Gasteiger partial charge in [0.1, 0.15) is 16.5 Å². The van der Waals surface area contributed by atoms with Gasteiger partial charge in [0.2, 0.25) is 0 Å². The molecule has 3 aromatic heterocycles. The lowest BCUT2D eigenvalue weighted by Gasteiger charge is -2.10. The van der Waals surface area contributed by atoms with Crippen molar-refractivity contribution < 1.29 is 0 Å². The maximum atomic E-state index is 4.88. The maximum absolute atomic E-state index is 4.88. The Morgan fingerprint density at radius 3 is 2.62 bits per heavy atom. The molecular formula is C21H21N3S2. The quantitative estimate of drug-likeness (QED) is 0.473. The van der Waals surface area contributed by atoms with Crippen molar-refractivity contribution in [3.05, 3.63) is 74.6 Å². The lowest BCUT2D eigenvalue weighted by atomic mass is 10.1. The molecule has 0 bridgehead atoms. The van der Waals surface area contributed by atoms with Crippen LogP contribution in [0.3, 0.4) is 0 Å². The van der Waals surface area contributed by atoms with Crippen molar-refractivity contribution in [3.8, 4) is 0 Å². The molecule has 0 saturated carbocycles. The first-order valence-corrected chi connectivity index (χ1v) is 10.5. The molecule has 0 radical (unpaired) electrons. The van der Waals surface area contributed by atoms with E-state index < -0.39 is 0 Å². The van der Waals surface area contributed by atoms with Gasteiger partial charge in [-0.25, -0.2) is 9.97 Å². The summed E-state index contributed by atoms with van der Waals surface area (Å²) >= 11 is 3.56. The normalized spacial score (nSPS) is 11.2. The van der Waals surface area contributed by atoms with E-state index in [1.54, 1.807) is 22.7 Å². The number of thiophene rings is 2. The Morgan fingerprint density at radius 1 is 1.00 bits per heavy atom. The van der Waals surface area contributed by atoms with Crippen LogP contribution in [-0.2, 0) is 12.8 Å². The van der Waals surface area contributed by atoms with E-state index in [2.05, 4.69) is 60.9 Å². The fourth-order valence-electron chi connectivity index (χ4n) is 3.04. The molecule has 0 atom stereocenters. The van der Waals surface area contributed by atoms with Crippen molar-refractivity contribution in [2.24, 2.45) is 0 Å². The van der Waals surface area contributed by atoms with Gasteiger partial charge >= 0.3 is 0 Å². The van der Waals surface area contributed by atoms with Crippen LogP contribution in [0.1, 0.15) is 26.7 Å². The second kappa shape index (κ2) is 7.56. The highest BCUT2D eigenvalue weighted by Gasteiger charge is 2.14. The predicted molar refractivity (Wildman–Crippen MR) is 113 cm³/mol. The standard InChI is InChI=1S/C21H21N3S2/c1-14-15(2)26-21-19(14)20(22-11-10-17-9-6-12-25-17)23-18(24-21)13-16-7-4-3-5-8-16/h3-9,12H,10-11,13H2,1-2H3,(H,22,23,24). The summed E-state index contributed by atoms with van der Waals surface area (Å²) in [5.74, 6) is 1.85. The summed E-state index contributed by atoms with van der Waals surface area (Å²) in [7, 11) is 0. The van der Waals surface area contributed by atoms with Crippen molar-refractivity contribution in [2.45, 2.75) is 26.7 Å². The zero-order valence-corrected chi connectivity index (χ0v) is 16.6. The molecule has 4 rings (SSSR count). The van der Waals surface area contributed by atoms with Gasteiger partial charge < -0.3 is 5.32 Å². The molecule has 0 amide bonds. The molecule has 0 spiro atoms. The van der Waals surface area contributed by atoms with Crippen LogP contribution in [-0.4, -0.2) is 16.5 Å². The van der Waals surface area contributed by atoms with Gasteiger partial charge in [0, 0.05) is 22.7 Å². The van der Waals surface area contributed by atoms with Gasteiger partial charge in [-0.1, -0.05) is 36.4 Å². The molecule has 3 nitrogen and oxygen atoms in total. The number of nitrogens with one attached hydrogen (secondary N) is 1. The third kappa shape index (κ3) is 3.64. The number of rotatable bonds is 6. The molecule has 0 aliphatic heterocycles. The minimum Gasteiger partial charge on any atom is -0.369 e. The van der Waals surface area contributed by atoms with E-state index >= 15 is 0 Å². The average molecular weight is 380 g/mol. The van der Waals surface area contributed by atoms with E-state index in [1.807, 2.05) is 6.07 Å². The maximum Gasteiger partial charge on any atom is 0.138 e. The van der Waals surface area contributed by atoms with Crippen LogP contribution in [0.25, 0.3) is 10.2 Å². The van der Waals surface area contributed by atoms with Crippen LogP contribution in [0.5, 0.6) is 0 Å². The minimum atomic E-state index is 0.756. The number of hydrogen-bond donors (Lipinski definition) is 1. The summed E-state index contributed by atoms with van der Waals surface area (Å²) in [6.45, 7) is 5.21. The smallest absolute Gasteiger partial charge is 0.138 e. The first kappa shape index (κ1) is 17.2. The fraction of sp³-hybridized carbons (Fsp3) is 0.238. The Labute approximate surface area is 161 Å². The van der Waals surface area contributed by atoms with Gasteiger partial charge in [-0.05, 0) is 42.8 Å². The number of aryl methyl sites for hydroxylation is 2. The first-order chi connectivity index (χ1) is 12.7. The Kier molecular flexibility index (Phi) is 5.00. The Bertz CT molecular complexity index is 1000. The number of nitrogens with zero attached hydrogens (tertiary/aromatic N) is 2. The summed E-state index contributed by atoms with van der Waals surface area (Å²) in [4.78, 5) is 13.5. The van der Waals surface area contributed by atoms with Crippen LogP contribution in [0.2, 0.25) is 0 Å². The van der Waals surface area contributed by atoms with Crippen molar-refractivity contribution in [2.75, 3.05) is 11.9 Å². The highest BCUT2D eigenvalue weighted by atomic mass is 32.1. The SMILES string of the molecule is Cc1sc2nc(Cc3ccccc3)nc(NCCc3cccs3)c2c1C. The topological polar surface area (TPSA) is 37.8 Å². The fourth-order valence-corrected chi connectivity index (χ4v) is 4.80. The molecule has 0 unspecified atom stereocenters. The molecule has 1 aromatic carbocycles. The second-order valence-electron chi connectivity index (χ2n) is 6.37. The molecule has 1 N–H and O–H groups in total. The molecule has 0 saturated heterocycles. The number of hydrogen-bond acceptors (Lipinski definition) is 5. The average Bonchev–Trinajstić information content (AvgIpc) is 3.24. The summed E-state index contributed by atoms with van der Waals surface area (Å²) in [6, 6.07) is 14.7. The Hall–Kier alpha value is -2.24. The molecule has 3 heterocycles. The summed E-state index contributed by atoms with van der Waals surface area (Å²) in [5, 5.41) is 6.87. The van der Waals surface area contributed by atoms with E-state index in [9.17, 15) is 0 Å². The van der Waals surface area contributed by atoms with E-state index in [0.29, 0.717) is 0 Å². The Morgan fingerprint density at radius 2 is 1.85 bits per heavy atom. The van der Waals surface area contributed by atoms with Crippen LogP contribution in [0, 0.1) is 13.8 Å². The minimum absolute atomic E-state index is 0.756. The third-order valence-corrected chi connectivity index (χ3v) is 6.56. The van der Waals surface area contributed by atoms with Crippen LogP contribution in [0.4, 0.5) is 5.82 Å². The summed E-state index contributed by atoms with van der Waals surface area (Å²) in [6.07, 6.45) is 1.77. The number of aromatic nitrogens is 2. The molecule has 5 heteroatoms. The number of benzene rings is 1. The van der Waals surface area contributed by atoms with Gasteiger partial charge in [0.25, 0.3) is 0 Å². The highest BCUT2D eigenvalue weighted by molar-refractivity contribution is 7.18. The van der Waals surface area contributed by atoms with Gasteiger partial charge in [-0.3, -0.25) is 0 Å². The Balaban J connectivity index is 1.64. The number of anilines is 1.